The van der Waals surface area contributed by atoms with Gasteiger partial charge in [0.15, 0.2) is 0 Å². The van der Waals surface area contributed by atoms with Crippen molar-refractivity contribution in [2.24, 2.45) is 0 Å². The summed E-state index contributed by atoms with van der Waals surface area (Å²) in [5.41, 5.74) is 2.36. The smallest absolute Gasteiger partial charge is 0.251 e. The average molecular weight is 453 g/mol. The van der Waals surface area contributed by atoms with Gasteiger partial charge >= 0.3 is 0 Å². The van der Waals surface area contributed by atoms with Crippen molar-refractivity contribution in [3.8, 4) is 0 Å². The number of hydrogen-bond acceptors (Lipinski definition) is 5. The van der Waals surface area contributed by atoms with E-state index < -0.39 is 0 Å². The van der Waals surface area contributed by atoms with Crippen molar-refractivity contribution in [3.05, 3.63) is 59.7 Å². The number of benzene rings is 2. The van der Waals surface area contributed by atoms with Crippen LogP contribution in [0, 0.1) is 0 Å². The van der Waals surface area contributed by atoms with E-state index in [1.165, 1.54) is 0 Å². The predicted octanol–water partition coefficient (Wildman–Crippen LogP) is 3.18. The average Bonchev–Trinajstić information content (AvgIpc) is 3.36. The minimum absolute atomic E-state index is 0.0462. The van der Waals surface area contributed by atoms with E-state index in [4.69, 9.17) is 4.74 Å². The first-order chi connectivity index (χ1) is 16.0. The minimum atomic E-state index is -0.233. The van der Waals surface area contributed by atoms with Crippen LogP contribution in [0.25, 0.3) is 0 Å². The Morgan fingerprint density at radius 1 is 0.970 bits per heavy atom. The molecule has 1 aliphatic heterocycles. The highest BCUT2D eigenvalue weighted by molar-refractivity contribution is 5.97. The summed E-state index contributed by atoms with van der Waals surface area (Å²) in [4.78, 5) is 36.7. The number of hydrogen-bond donors (Lipinski definition) is 4. The second-order valence-corrected chi connectivity index (χ2v) is 8.01. The van der Waals surface area contributed by atoms with E-state index >= 15 is 0 Å². The Labute approximate surface area is 194 Å². The zero-order valence-corrected chi connectivity index (χ0v) is 19.0. The standard InChI is InChI=1S/C25H32N4O4/c1-2-3-13-26-25(32)19-6-4-7-21(15-19)27-17-23(30)29-20-11-9-18(10-12-20)24(31)28-16-22-8-5-14-33-22/h4,6-7,9-12,15,22,27H,2-3,5,8,13-14,16-17H2,1H3,(H,26,32)(H,28,31)(H,29,30). The Morgan fingerprint density at radius 2 is 1.76 bits per heavy atom. The summed E-state index contributed by atoms with van der Waals surface area (Å²) in [5.74, 6) is -0.525. The molecule has 8 heteroatoms. The fourth-order valence-electron chi connectivity index (χ4n) is 3.46. The second kappa shape index (κ2) is 12.6. The summed E-state index contributed by atoms with van der Waals surface area (Å²) in [6.45, 7) is 4.02. The van der Waals surface area contributed by atoms with Gasteiger partial charge in [-0.2, -0.15) is 0 Å². The number of rotatable bonds is 11. The molecule has 176 valence electrons. The summed E-state index contributed by atoms with van der Waals surface area (Å²) < 4.78 is 5.51. The van der Waals surface area contributed by atoms with E-state index in [1.807, 2.05) is 0 Å². The molecule has 3 amide bonds. The van der Waals surface area contributed by atoms with Crippen LogP contribution in [0.1, 0.15) is 53.3 Å². The Bertz CT molecular complexity index is 940. The molecule has 0 bridgehead atoms. The van der Waals surface area contributed by atoms with Gasteiger partial charge in [-0.05, 0) is 61.7 Å². The highest BCUT2D eigenvalue weighted by Crippen LogP contribution is 2.13. The molecule has 1 aliphatic rings. The summed E-state index contributed by atoms with van der Waals surface area (Å²) in [6.07, 6.45) is 4.05. The molecule has 8 nitrogen and oxygen atoms in total. The summed E-state index contributed by atoms with van der Waals surface area (Å²) in [7, 11) is 0. The molecule has 1 saturated heterocycles. The quantitative estimate of drug-likeness (QED) is 0.392. The van der Waals surface area contributed by atoms with Crippen molar-refractivity contribution < 1.29 is 19.1 Å². The molecule has 2 aromatic rings. The van der Waals surface area contributed by atoms with Crippen LogP contribution in [-0.4, -0.2) is 50.1 Å². The first-order valence-electron chi connectivity index (χ1n) is 11.5. The lowest BCUT2D eigenvalue weighted by atomic mass is 10.1. The molecule has 0 aromatic heterocycles. The lowest BCUT2D eigenvalue weighted by Gasteiger charge is -2.11. The second-order valence-electron chi connectivity index (χ2n) is 8.01. The maximum absolute atomic E-state index is 12.3. The van der Waals surface area contributed by atoms with Crippen LogP contribution in [0.4, 0.5) is 11.4 Å². The Morgan fingerprint density at radius 3 is 2.48 bits per heavy atom. The SMILES string of the molecule is CCCCNC(=O)c1cccc(NCC(=O)Nc2ccc(C(=O)NCC3CCCO3)cc2)c1. The largest absolute Gasteiger partial charge is 0.376 e. The molecule has 0 radical (unpaired) electrons. The van der Waals surface area contributed by atoms with Crippen molar-refractivity contribution in [1.29, 1.82) is 0 Å². The molecule has 1 atom stereocenters. The molecule has 0 saturated carbocycles. The van der Waals surface area contributed by atoms with Crippen LogP contribution in [-0.2, 0) is 9.53 Å². The van der Waals surface area contributed by atoms with Gasteiger partial charge in [0.2, 0.25) is 5.91 Å². The summed E-state index contributed by atoms with van der Waals surface area (Å²) in [5, 5.41) is 11.6. The van der Waals surface area contributed by atoms with Gasteiger partial charge in [-0.1, -0.05) is 19.4 Å². The van der Waals surface area contributed by atoms with Crippen LogP contribution in [0.15, 0.2) is 48.5 Å². The van der Waals surface area contributed by atoms with Gasteiger partial charge in [0.25, 0.3) is 11.8 Å². The maximum atomic E-state index is 12.3. The van der Waals surface area contributed by atoms with Crippen molar-refractivity contribution in [2.75, 3.05) is 36.9 Å². The van der Waals surface area contributed by atoms with Gasteiger partial charge in [-0.15, -0.1) is 0 Å². The Hall–Kier alpha value is -3.39. The molecule has 3 rings (SSSR count). The lowest BCUT2D eigenvalue weighted by Crippen LogP contribution is -2.31. The first-order valence-corrected chi connectivity index (χ1v) is 11.5. The topological polar surface area (TPSA) is 109 Å². The van der Waals surface area contributed by atoms with E-state index in [1.54, 1.807) is 48.5 Å². The van der Waals surface area contributed by atoms with Crippen LogP contribution in [0.3, 0.4) is 0 Å². The summed E-state index contributed by atoms with van der Waals surface area (Å²) in [6, 6.07) is 13.8. The number of anilines is 2. The zero-order chi connectivity index (χ0) is 23.5. The Balaban J connectivity index is 1.43. The number of unbranched alkanes of at least 4 members (excludes halogenated alkanes) is 1. The van der Waals surface area contributed by atoms with Gasteiger partial charge in [-0.25, -0.2) is 0 Å². The zero-order valence-electron chi connectivity index (χ0n) is 19.0. The molecule has 2 aromatic carbocycles. The van der Waals surface area contributed by atoms with E-state index in [0.717, 1.165) is 32.3 Å². The van der Waals surface area contributed by atoms with Crippen LogP contribution < -0.4 is 21.3 Å². The fraction of sp³-hybridized carbons (Fsp3) is 0.400. The van der Waals surface area contributed by atoms with E-state index in [9.17, 15) is 14.4 Å². The highest BCUT2D eigenvalue weighted by Gasteiger charge is 2.16. The van der Waals surface area contributed by atoms with Crippen molar-refractivity contribution in [3.63, 3.8) is 0 Å². The molecular formula is C25H32N4O4. The molecule has 1 unspecified atom stereocenters. The molecular weight excluding hydrogens is 420 g/mol. The van der Waals surface area contributed by atoms with Crippen molar-refractivity contribution in [1.82, 2.24) is 10.6 Å². The number of nitrogens with one attached hydrogen (secondary N) is 4. The number of carbonyl (C=O) groups is 3. The predicted molar refractivity (Wildman–Crippen MR) is 129 cm³/mol. The minimum Gasteiger partial charge on any atom is -0.376 e. The third-order valence-electron chi connectivity index (χ3n) is 5.34. The Kier molecular flexibility index (Phi) is 9.26. The van der Waals surface area contributed by atoms with E-state index in [2.05, 4.69) is 28.2 Å². The number of carbonyl (C=O) groups excluding carboxylic acids is 3. The normalized spacial score (nSPS) is 15.0. The van der Waals surface area contributed by atoms with Crippen LogP contribution >= 0.6 is 0 Å². The highest BCUT2D eigenvalue weighted by atomic mass is 16.5. The monoisotopic (exact) mass is 452 g/mol. The molecule has 1 fully saturated rings. The van der Waals surface area contributed by atoms with Crippen molar-refractivity contribution >= 4 is 29.1 Å². The molecule has 0 spiro atoms. The summed E-state index contributed by atoms with van der Waals surface area (Å²) >= 11 is 0. The number of amides is 3. The van der Waals surface area contributed by atoms with Gasteiger partial charge in [0.05, 0.1) is 12.6 Å². The molecule has 1 heterocycles. The number of ether oxygens (including phenoxy) is 1. The van der Waals surface area contributed by atoms with Gasteiger partial charge in [0, 0.05) is 42.2 Å². The molecule has 33 heavy (non-hydrogen) atoms. The van der Waals surface area contributed by atoms with Gasteiger partial charge in [0.1, 0.15) is 0 Å². The fourth-order valence-corrected chi connectivity index (χ4v) is 3.46. The third kappa shape index (κ3) is 7.91. The van der Waals surface area contributed by atoms with Crippen molar-refractivity contribution in [2.45, 2.75) is 38.7 Å². The molecule has 0 aliphatic carbocycles. The third-order valence-corrected chi connectivity index (χ3v) is 5.34. The maximum Gasteiger partial charge on any atom is 0.251 e. The van der Waals surface area contributed by atoms with E-state index in [0.29, 0.717) is 35.6 Å². The van der Waals surface area contributed by atoms with Gasteiger partial charge in [-0.3, -0.25) is 14.4 Å². The van der Waals surface area contributed by atoms with E-state index in [-0.39, 0.29) is 30.4 Å². The first kappa shape index (κ1) is 24.3. The van der Waals surface area contributed by atoms with Gasteiger partial charge < -0.3 is 26.0 Å². The van der Waals surface area contributed by atoms with Crippen LogP contribution in [0.5, 0.6) is 0 Å². The van der Waals surface area contributed by atoms with Crippen LogP contribution in [0.2, 0.25) is 0 Å². The molecule has 4 N–H and O–H groups in total. The lowest BCUT2D eigenvalue weighted by molar-refractivity contribution is -0.114.